The number of hydrogen-bond donors (Lipinski definition) is 1. The molecule has 0 aliphatic heterocycles. The fourth-order valence-corrected chi connectivity index (χ4v) is 1.33. The molecular formula is C11H13F3N2. The summed E-state index contributed by atoms with van der Waals surface area (Å²) in [5, 5.41) is 0. The summed E-state index contributed by atoms with van der Waals surface area (Å²) in [6.45, 7) is 1.64. The lowest BCUT2D eigenvalue weighted by atomic mass is 10.0. The van der Waals surface area contributed by atoms with E-state index in [4.69, 9.17) is 5.73 Å². The maximum Gasteiger partial charge on any atom is 0.416 e. The number of nitrogens with zero attached hydrogens (tertiary/aromatic N) is 1. The first-order chi connectivity index (χ1) is 7.34. The second-order valence-corrected chi connectivity index (χ2v) is 3.56. The SMILES string of the molecule is CN=Cc1cc(C(C)N)cc(C(F)(F)F)c1. The van der Waals surface area contributed by atoms with Crippen molar-refractivity contribution >= 4 is 6.21 Å². The third-order valence-electron chi connectivity index (χ3n) is 2.11. The van der Waals surface area contributed by atoms with E-state index in [2.05, 4.69) is 4.99 Å². The Bertz CT molecular complexity index is 395. The summed E-state index contributed by atoms with van der Waals surface area (Å²) in [6.07, 6.45) is -2.98. The van der Waals surface area contributed by atoms with Gasteiger partial charge in [0.05, 0.1) is 5.56 Å². The van der Waals surface area contributed by atoms with Gasteiger partial charge in [0.2, 0.25) is 0 Å². The van der Waals surface area contributed by atoms with Gasteiger partial charge >= 0.3 is 6.18 Å². The van der Waals surface area contributed by atoms with Gasteiger partial charge in [-0.25, -0.2) is 0 Å². The molecule has 2 N–H and O–H groups in total. The predicted molar refractivity (Wildman–Crippen MR) is 57.6 cm³/mol. The molecule has 0 fully saturated rings. The molecular weight excluding hydrogens is 217 g/mol. The molecule has 0 bridgehead atoms. The first-order valence-electron chi connectivity index (χ1n) is 4.74. The van der Waals surface area contributed by atoms with Crippen molar-refractivity contribution in [2.75, 3.05) is 7.05 Å². The van der Waals surface area contributed by atoms with Crippen LogP contribution in [0.15, 0.2) is 23.2 Å². The van der Waals surface area contributed by atoms with Gasteiger partial charge in [-0.1, -0.05) is 0 Å². The van der Waals surface area contributed by atoms with Gasteiger partial charge in [0.1, 0.15) is 0 Å². The van der Waals surface area contributed by atoms with Crippen molar-refractivity contribution in [1.29, 1.82) is 0 Å². The first kappa shape index (κ1) is 12.7. The zero-order valence-corrected chi connectivity index (χ0v) is 9.05. The van der Waals surface area contributed by atoms with Crippen LogP contribution in [0.4, 0.5) is 13.2 Å². The van der Waals surface area contributed by atoms with Crippen LogP contribution in [0.5, 0.6) is 0 Å². The molecule has 0 radical (unpaired) electrons. The highest BCUT2D eigenvalue weighted by molar-refractivity contribution is 5.80. The number of aliphatic imine (C=N–C) groups is 1. The Labute approximate surface area is 92.0 Å². The minimum absolute atomic E-state index is 0.407. The van der Waals surface area contributed by atoms with Crippen LogP contribution in [0.25, 0.3) is 0 Å². The van der Waals surface area contributed by atoms with Crippen molar-refractivity contribution < 1.29 is 13.2 Å². The molecule has 0 aliphatic carbocycles. The Morgan fingerprint density at radius 3 is 2.38 bits per heavy atom. The molecule has 0 amide bonds. The minimum Gasteiger partial charge on any atom is -0.324 e. The van der Waals surface area contributed by atoms with Gasteiger partial charge < -0.3 is 5.73 Å². The van der Waals surface area contributed by atoms with Gasteiger partial charge in [0, 0.05) is 19.3 Å². The molecule has 0 aliphatic rings. The van der Waals surface area contributed by atoms with E-state index in [1.54, 1.807) is 13.0 Å². The van der Waals surface area contributed by atoms with E-state index in [0.29, 0.717) is 11.1 Å². The molecule has 0 aromatic heterocycles. The summed E-state index contributed by atoms with van der Waals surface area (Å²) in [7, 11) is 1.51. The summed E-state index contributed by atoms with van der Waals surface area (Å²) in [6, 6.07) is 3.29. The fraction of sp³-hybridized carbons (Fsp3) is 0.364. The summed E-state index contributed by atoms with van der Waals surface area (Å²) < 4.78 is 37.7. The van der Waals surface area contributed by atoms with E-state index < -0.39 is 17.8 Å². The smallest absolute Gasteiger partial charge is 0.324 e. The molecule has 1 unspecified atom stereocenters. The summed E-state index contributed by atoms with van der Waals surface area (Å²) in [5.41, 5.74) is 5.74. The van der Waals surface area contributed by atoms with Crippen molar-refractivity contribution in [1.82, 2.24) is 0 Å². The zero-order chi connectivity index (χ0) is 12.3. The van der Waals surface area contributed by atoms with Crippen LogP contribution in [0.1, 0.15) is 29.7 Å². The third kappa shape index (κ3) is 3.06. The average Bonchev–Trinajstić information content (AvgIpc) is 2.16. The quantitative estimate of drug-likeness (QED) is 0.779. The summed E-state index contributed by atoms with van der Waals surface area (Å²) >= 11 is 0. The lowest BCUT2D eigenvalue weighted by Gasteiger charge is -2.12. The Morgan fingerprint density at radius 2 is 1.94 bits per heavy atom. The lowest BCUT2D eigenvalue weighted by molar-refractivity contribution is -0.137. The molecule has 0 saturated heterocycles. The largest absolute Gasteiger partial charge is 0.416 e. The molecule has 2 nitrogen and oxygen atoms in total. The van der Waals surface area contributed by atoms with Gasteiger partial charge in [-0.2, -0.15) is 13.2 Å². The molecule has 1 rings (SSSR count). The van der Waals surface area contributed by atoms with E-state index in [9.17, 15) is 13.2 Å². The van der Waals surface area contributed by atoms with Gasteiger partial charge in [-0.15, -0.1) is 0 Å². The second kappa shape index (κ2) is 4.65. The lowest BCUT2D eigenvalue weighted by Crippen LogP contribution is -2.11. The molecule has 0 heterocycles. The van der Waals surface area contributed by atoms with Gasteiger partial charge in [0.15, 0.2) is 0 Å². The van der Waals surface area contributed by atoms with Crippen molar-refractivity contribution in [3.63, 3.8) is 0 Å². The average molecular weight is 230 g/mol. The first-order valence-corrected chi connectivity index (χ1v) is 4.74. The Morgan fingerprint density at radius 1 is 1.31 bits per heavy atom. The maximum atomic E-state index is 12.6. The molecule has 0 saturated carbocycles. The predicted octanol–water partition coefficient (Wildman–Crippen LogP) is 2.77. The Kier molecular flexibility index (Phi) is 3.70. The van der Waals surface area contributed by atoms with Crippen molar-refractivity contribution in [2.24, 2.45) is 10.7 Å². The van der Waals surface area contributed by atoms with E-state index in [1.165, 1.54) is 13.3 Å². The molecule has 0 spiro atoms. The van der Waals surface area contributed by atoms with Gasteiger partial charge in [-0.3, -0.25) is 4.99 Å². The van der Waals surface area contributed by atoms with Gasteiger partial charge in [0.25, 0.3) is 0 Å². The normalized spacial score (nSPS) is 14.4. The highest BCUT2D eigenvalue weighted by Gasteiger charge is 2.31. The number of nitrogens with two attached hydrogens (primary N) is 1. The van der Waals surface area contributed by atoms with Crippen molar-refractivity contribution in [3.05, 3.63) is 34.9 Å². The van der Waals surface area contributed by atoms with Crippen molar-refractivity contribution in [2.45, 2.75) is 19.1 Å². The van der Waals surface area contributed by atoms with E-state index >= 15 is 0 Å². The van der Waals surface area contributed by atoms with Crippen LogP contribution in [0.2, 0.25) is 0 Å². The monoisotopic (exact) mass is 230 g/mol. The molecule has 1 aromatic rings. The minimum atomic E-state index is -4.36. The highest BCUT2D eigenvalue weighted by atomic mass is 19.4. The number of alkyl halides is 3. The number of halogens is 3. The fourth-order valence-electron chi connectivity index (χ4n) is 1.33. The standard InChI is InChI=1S/C11H13F3N2/c1-7(15)9-3-8(6-16-2)4-10(5-9)11(12,13)14/h3-7H,15H2,1-2H3. The Hall–Kier alpha value is -1.36. The summed E-state index contributed by atoms with van der Waals surface area (Å²) in [4.78, 5) is 3.70. The van der Waals surface area contributed by atoms with Crippen LogP contribution >= 0.6 is 0 Å². The van der Waals surface area contributed by atoms with Crippen LogP contribution in [0.3, 0.4) is 0 Å². The van der Waals surface area contributed by atoms with Crippen LogP contribution in [-0.2, 0) is 6.18 Å². The molecule has 1 aromatic carbocycles. The Balaban J connectivity index is 3.30. The second-order valence-electron chi connectivity index (χ2n) is 3.56. The maximum absolute atomic E-state index is 12.6. The molecule has 16 heavy (non-hydrogen) atoms. The third-order valence-corrected chi connectivity index (χ3v) is 2.11. The highest BCUT2D eigenvalue weighted by Crippen LogP contribution is 2.31. The molecule has 88 valence electrons. The zero-order valence-electron chi connectivity index (χ0n) is 9.05. The topological polar surface area (TPSA) is 38.4 Å². The number of hydrogen-bond acceptors (Lipinski definition) is 2. The van der Waals surface area contributed by atoms with E-state index in [0.717, 1.165) is 12.1 Å². The molecule has 5 heteroatoms. The van der Waals surface area contributed by atoms with Gasteiger partial charge in [-0.05, 0) is 36.2 Å². The van der Waals surface area contributed by atoms with E-state index in [-0.39, 0.29) is 0 Å². The molecule has 1 atom stereocenters. The number of benzene rings is 1. The van der Waals surface area contributed by atoms with Crippen LogP contribution in [-0.4, -0.2) is 13.3 Å². The number of rotatable bonds is 2. The van der Waals surface area contributed by atoms with Crippen LogP contribution in [0, 0.1) is 0 Å². The van der Waals surface area contributed by atoms with Crippen molar-refractivity contribution in [3.8, 4) is 0 Å². The van der Waals surface area contributed by atoms with Crippen LogP contribution < -0.4 is 5.73 Å². The summed E-state index contributed by atoms with van der Waals surface area (Å²) in [5.74, 6) is 0. The van der Waals surface area contributed by atoms with E-state index in [1.807, 2.05) is 0 Å².